The zero-order chi connectivity index (χ0) is 24.9. The van der Waals surface area contributed by atoms with E-state index in [1.165, 1.54) is 4.90 Å². The number of rotatable bonds is 5. The highest BCUT2D eigenvalue weighted by atomic mass is 16.5. The van der Waals surface area contributed by atoms with Crippen LogP contribution in [0, 0.1) is 0 Å². The molecule has 0 bridgehead atoms. The second-order valence-electron chi connectivity index (χ2n) is 8.20. The molecule has 1 heterocycles. The molecule has 0 aromatic heterocycles. The Morgan fingerprint density at radius 2 is 1.42 bits per heavy atom. The molecule has 4 aromatic rings. The summed E-state index contributed by atoms with van der Waals surface area (Å²) in [7, 11) is 1.68. The Bertz CT molecular complexity index is 1400. The number of carbonyl (C=O) groups is 2. The van der Waals surface area contributed by atoms with Crippen LogP contribution < -0.4 is 20.3 Å². The highest BCUT2D eigenvalue weighted by molar-refractivity contribution is 6.20. The first-order valence-corrected chi connectivity index (χ1v) is 11.5. The Morgan fingerprint density at radius 1 is 0.806 bits per heavy atom. The minimum absolute atomic E-state index is 0.338. The third-order valence-electron chi connectivity index (χ3n) is 5.75. The quantitative estimate of drug-likeness (QED) is 0.402. The van der Waals surface area contributed by atoms with E-state index in [0.29, 0.717) is 17.1 Å². The van der Waals surface area contributed by atoms with Crippen LogP contribution in [-0.4, -0.2) is 30.9 Å². The number of aliphatic imine (C=N–C) groups is 1. The normalized spacial score (nSPS) is 14.8. The zero-order valence-electron chi connectivity index (χ0n) is 19.6. The lowest BCUT2D eigenvalue weighted by atomic mass is 10.0. The molecular formula is C29H24N4O3. The van der Waals surface area contributed by atoms with Gasteiger partial charge in [-0.05, 0) is 42.5 Å². The van der Waals surface area contributed by atoms with Gasteiger partial charge < -0.3 is 20.3 Å². The number of nitrogens with zero attached hydrogens (tertiary/aromatic N) is 2. The summed E-state index contributed by atoms with van der Waals surface area (Å²) in [6.45, 7) is 0. The summed E-state index contributed by atoms with van der Waals surface area (Å²) in [6.07, 6.45) is -1.10. The van der Waals surface area contributed by atoms with Gasteiger partial charge in [0.2, 0.25) is 6.17 Å². The lowest BCUT2D eigenvalue weighted by molar-refractivity contribution is -0.119. The van der Waals surface area contributed by atoms with Crippen molar-refractivity contribution in [1.29, 1.82) is 0 Å². The predicted molar refractivity (Wildman–Crippen MR) is 141 cm³/mol. The standard InChI is InChI=1S/C29H24N4O3/c1-33-25-15-9-8-14-24(25)26(20-10-4-2-5-11-20)31-27(28(33)34)32-29(35)30-21-16-18-23(19-17-21)36-22-12-6-3-7-13-22/h2-19,27H,1H3,(H2,30,32,35)/t27-/m0/s1. The van der Waals surface area contributed by atoms with Crippen molar-refractivity contribution in [3.8, 4) is 11.5 Å². The minimum Gasteiger partial charge on any atom is -0.457 e. The van der Waals surface area contributed by atoms with Gasteiger partial charge >= 0.3 is 6.03 Å². The van der Waals surface area contributed by atoms with Crippen molar-refractivity contribution in [3.63, 3.8) is 0 Å². The molecule has 0 unspecified atom stereocenters. The van der Waals surface area contributed by atoms with Gasteiger partial charge in [0.25, 0.3) is 5.91 Å². The van der Waals surface area contributed by atoms with E-state index in [2.05, 4.69) is 10.6 Å². The maximum atomic E-state index is 13.3. The Kier molecular flexibility index (Phi) is 6.44. The van der Waals surface area contributed by atoms with Crippen molar-refractivity contribution in [2.75, 3.05) is 17.3 Å². The molecule has 1 aliphatic heterocycles. The average molecular weight is 477 g/mol. The van der Waals surface area contributed by atoms with Gasteiger partial charge in [0.1, 0.15) is 11.5 Å². The first kappa shape index (κ1) is 22.9. The van der Waals surface area contributed by atoms with Crippen molar-refractivity contribution >= 4 is 29.0 Å². The van der Waals surface area contributed by atoms with E-state index in [9.17, 15) is 9.59 Å². The van der Waals surface area contributed by atoms with Crippen molar-refractivity contribution in [3.05, 3.63) is 120 Å². The largest absolute Gasteiger partial charge is 0.457 e. The number of benzodiazepines with no additional fused rings is 1. The SMILES string of the molecule is CN1C(=O)[C@H](NC(=O)Nc2ccc(Oc3ccccc3)cc2)N=C(c2ccccc2)c2ccccc21. The van der Waals surface area contributed by atoms with E-state index in [1.807, 2.05) is 84.9 Å². The van der Waals surface area contributed by atoms with Crippen LogP contribution in [0.2, 0.25) is 0 Å². The average Bonchev–Trinajstić information content (AvgIpc) is 3.01. The fourth-order valence-electron chi connectivity index (χ4n) is 3.96. The molecule has 0 saturated carbocycles. The molecule has 0 saturated heterocycles. The zero-order valence-corrected chi connectivity index (χ0v) is 19.6. The van der Waals surface area contributed by atoms with Gasteiger partial charge in [0.05, 0.1) is 11.4 Å². The lowest BCUT2D eigenvalue weighted by Gasteiger charge is -2.21. The van der Waals surface area contributed by atoms with Crippen molar-refractivity contribution < 1.29 is 14.3 Å². The molecule has 5 rings (SSSR count). The van der Waals surface area contributed by atoms with Crippen LogP contribution in [0.25, 0.3) is 0 Å². The van der Waals surface area contributed by atoms with Gasteiger partial charge in [0.15, 0.2) is 0 Å². The van der Waals surface area contributed by atoms with Crippen LogP contribution in [0.5, 0.6) is 11.5 Å². The van der Waals surface area contributed by atoms with E-state index in [4.69, 9.17) is 9.73 Å². The van der Waals surface area contributed by atoms with Crippen LogP contribution in [0.3, 0.4) is 0 Å². The number of anilines is 2. The van der Waals surface area contributed by atoms with Gasteiger partial charge in [0, 0.05) is 23.9 Å². The molecule has 0 spiro atoms. The molecule has 178 valence electrons. The second kappa shape index (κ2) is 10.1. The van der Waals surface area contributed by atoms with Crippen LogP contribution in [0.1, 0.15) is 11.1 Å². The van der Waals surface area contributed by atoms with Crippen molar-refractivity contribution in [1.82, 2.24) is 5.32 Å². The lowest BCUT2D eigenvalue weighted by Crippen LogP contribution is -2.47. The smallest absolute Gasteiger partial charge is 0.321 e. The summed E-state index contributed by atoms with van der Waals surface area (Å²) < 4.78 is 5.79. The number of para-hydroxylation sites is 2. The molecule has 0 aliphatic carbocycles. The number of amides is 3. The fraction of sp³-hybridized carbons (Fsp3) is 0.0690. The Balaban J connectivity index is 1.34. The van der Waals surface area contributed by atoms with Gasteiger partial charge in [-0.1, -0.05) is 66.7 Å². The summed E-state index contributed by atoms with van der Waals surface area (Å²) in [5.74, 6) is 1.03. The molecule has 1 atom stereocenters. The minimum atomic E-state index is -1.10. The number of urea groups is 1. The number of benzene rings is 4. The van der Waals surface area contributed by atoms with Gasteiger partial charge in [-0.25, -0.2) is 9.79 Å². The van der Waals surface area contributed by atoms with E-state index in [-0.39, 0.29) is 5.91 Å². The topological polar surface area (TPSA) is 83.0 Å². The van der Waals surface area contributed by atoms with Gasteiger partial charge in [-0.15, -0.1) is 0 Å². The van der Waals surface area contributed by atoms with E-state index < -0.39 is 12.2 Å². The summed E-state index contributed by atoms with van der Waals surface area (Å²) in [6, 6.07) is 33.1. The molecule has 4 aromatic carbocycles. The van der Waals surface area contributed by atoms with Gasteiger partial charge in [-0.3, -0.25) is 4.79 Å². The van der Waals surface area contributed by atoms with Crippen LogP contribution in [0.4, 0.5) is 16.2 Å². The first-order valence-electron chi connectivity index (χ1n) is 11.5. The summed E-state index contributed by atoms with van der Waals surface area (Å²) >= 11 is 0. The molecular weight excluding hydrogens is 452 g/mol. The molecule has 36 heavy (non-hydrogen) atoms. The Labute approximate surface area is 209 Å². The first-order chi connectivity index (χ1) is 17.6. The fourth-order valence-corrected chi connectivity index (χ4v) is 3.96. The molecule has 7 nitrogen and oxygen atoms in total. The number of likely N-dealkylation sites (N-methyl/N-ethyl adjacent to an activating group) is 1. The number of hydrogen-bond donors (Lipinski definition) is 2. The third-order valence-corrected chi connectivity index (χ3v) is 5.75. The molecule has 0 radical (unpaired) electrons. The van der Waals surface area contributed by atoms with Crippen LogP contribution in [-0.2, 0) is 4.79 Å². The highest BCUT2D eigenvalue weighted by Crippen LogP contribution is 2.27. The monoisotopic (exact) mass is 476 g/mol. The van der Waals surface area contributed by atoms with Gasteiger partial charge in [-0.2, -0.15) is 0 Å². The highest BCUT2D eigenvalue weighted by Gasteiger charge is 2.30. The van der Waals surface area contributed by atoms with E-state index in [0.717, 1.165) is 22.6 Å². The number of ether oxygens (including phenoxy) is 1. The third kappa shape index (κ3) is 4.95. The van der Waals surface area contributed by atoms with Crippen LogP contribution >= 0.6 is 0 Å². The number of nitrogens with one attached hydrogen (secondary N) is 2. The number of hydrogen-bond acceptors (Lipinski definition) is 4. The summed E-state index contributed by atoms with van der Waals surface area (Å²) in [5.41, 5.74) is 3.59. The van der Waals surface area contributed by atoms with Crippen molar-refractivity contribution in [2.45, 2.75) is 6.17 Å². The second-order valence-corrected chi connectivity index (χ2v) is 8.20. The number of fused-ring (bicyclic) bond motifs is 1. The Morgan fingerprint density at radius 3 is 2.14 bits per heavy atom. The van der Waals surface area contributed by atoms with Crippen LogP contribution in [0.15, 0.2) is 114 Å². The molecule has 7 heteroatoms. The number of carbonyl (C=O) groups excluding carboxylic acids is 2. The van der Waals surface area contributed by atoms with E-state index in [1.54, 1.807) is 31.3 Å². The molecule has 3 amide bonds. The molecule has 0 fully saturated rings. The maximum Gasteiger partial charge on any atom is 0.321 e. The van der Waals surface area contributed by atoms with E-state index >= 15 is 0 Å². The predicted octanol–water partition coefficient (Wildman–Crippen LogP) is 5.44. The maximum absolute atomic E-state index is 13.3. The summed E-state index contributed by atoms with van der Waals surface area (Å²) in [5, 5.41) is 5.48. The molecule has 2 N–H and O–H groups in total. The van der Waals surface area contributed by atoms with Crippen molar-refractivity contribution in [2.24, 2.45) is 4.99 Å². The Hall–Kier alpha value is -4.91. The molecule has 1 aliphatic rings. The summed E-state index contributed by atoms with van der Waals surface area (Å²) in [4.78, 5) is 32.3.